The SMILES string of the molecule is CCOC(=O)c1cc(O)c(O)c([N+](=O)[O-])c1C(=O)C(C)(C)C. The van der Waals surface area contributed by atoms with Crippen molar-refractivity contribution in [2.75, 3.05) is 6.61 Å². The summed E-state index contributed by atoms with van der Waals surface area (Å²) in [6.45, 7) is 6.04. The third-order valence-electron chi connectivity index (χ3n) is 2.84. The summed E-state index contributed by atoms with van der Waals surface area (Å²) >= 11 is 0. The molecule has 0 amide bonds. The standard InChI is InChI=1S/C14H17NO7/c1-5-22-13(19)7-6-8(16)11(17)10(15(20)21)9(7)12(18)14(2,3)4/h6,16-17H,5H2,1-4H3. The summed E-state index contributed by atoms with van der Waals surface area (Å²) in [5, 5.41) is 30.5. The van der Waals surface area contributed by atoms with E-state index in [0.29, 0.717) is 0 Å². The molecular weight excluding hydrogens is 294 g/mol. The summed E-state index contributed by atoms with van der Waals surface area (Å²) in [5.74, 6) is -3.66. The van der Waals surface area contributed by atoms with Crippen molar-refractivity contribution in [1.82, 2.24) is 0 Å². The highest BCUT2D eigenvalue weighted by molar-refractivity contribution is 6.12. The van der Waals surface area contributed by atoms with Crippen LogP contribution in [-0.4, -0.2) is 33.5 Å². The average molecular weight is 311 g/mol. The van der Waals surface area contributed by atoms with Gasteiger partial charge in [-0.15, -0.1) is 0 Å². The Balaban J connectivity index is 3.81. The highest BCUT2D eigenvalue weighted by Crippen LogP contribution is 2.42. The summed E-state index contributed by atoms with van der Waals surface area (Å²) in [7, 11) is 0. The van der Waals surface area contributed by atoms with Crippen LogP contribution in [0.25, 0.3) is 0 Å². The lowest BCUT2D eigenvalue weighted by atomic mass is 9.83. The van der Waals surface area contributed by atoms with Crippen molar-refractivity contribution in [1.29, 1.82) is 0 Å². The maximum Gasteiger partial charge on any atom is 0.339 e. The third kappa shape index (κ3) is 3.16. The van der Waals surface area contributed by atoms with E-state index in [2.05, 4.69) is 0 Å². The van der Waals surface area contributed by atoms with Gasteiger partial charge < -0.3 is 14.9 Å². The van der Waals surface area contributed by atoms with E-state index in [4.69, 9.17) is 4.74 Å². The van der Waals surface area contributed by atoms with Crippen LogP contribution in [-0.2, 0) is 4.74 Å². The minimum atomic E-state index is -1.06. The number of nitro benzene ring substituents is 1. The third-order valence-corrected chi connectivity index (χ3v) is 2.84. The molecule has 1 rings (SSSR count). The Bertz CT molecular complexity index is 644. The van der Waals surface area contributed by atoms with Crippen molar-refractivity contribution in [3.63, 3.8) is 0 Å². The minimum Gasteiger partial charge on any atom is -0.504 e. The summed E-state index contributed by atoms with van der Waals surface area (Å²) < 4.78 is 4.75. The number of esters is 1. The van der Waals surface area contributed by atoms with Crippen molar-refractivity contribution in [3.8, 4) is 11.5 Å². The predicted molar refractivity (Wildman–Crippen MR) is 76.2 cm³/mol. The molecule has 0 aromatic heterocycles. The lowest BCUT2D eigenvalue weighted by Crippen LogP contribution is -2.24. The van der Waals surface area contributed by atoms with Crippen molar-refractivity contribution >= 4 is 17.4 Å². The number of benzene rings is 1. The molecule has 0 radical (unpaired) electrons. The van der Waals surface area contributed by atoms with Crippen molar-refractivity contribution in [2.24, 2.45) is 5.41 Å². The number of carbonyl (C=O) groups excluding carboxylic acids is 2. The van der Waals surface area contributed by atoms with Crippen LogP contribution in [0.2, 0.25) is 0 Å². The van der Waals surface area contributed by atoms with Crippen LogP contribution in [0.1, 0.15) is 48.4 Å². The zero-order valence-corrected chi connectivity index (χ0v) is 12.7. The largest absolute Gasteiger partial charge is 0.504 e. The molecule has 0 saturated heterocycles. The second-order valence-corrected chi connectivity index (χ2v) is 5.57. The van der Waals surface area contributed by atoms with Crippen LogP contribution in [0, 0.1) is 15.5 Å². The fourth-order valence-corrected chi connectivity index (χ4v) is 1.80. The van der Waals surface area contributed by atoms with E-state index < -0.39 is 50.4 Å². The Hall–Kier alpha value is -2.64. The van der Waals surface area contributed by atoms with Crippen LogP contribution in [0.15, 0.2) is 6.07 Å². The summed E-state index contributed by atoms with van der Waals surface area (Å²) in [6, 6.07) is 0.791. The van der Waals surface area contributed by atoms with Crippen LogP contribution in [0.3, 0.4) is 0 Å². The van der Waals surface area contributed by atoms with E-state index in [9.17, 15) is 29.9 Å². The first-order valence-electron chi connectivity index (χ1n) is 6.47. The molecule has 1 aromatic carbocycles. The molecule has 0 aliphatic rings. The van der Waals surface area contributed by atoms with Gasteiger partial charge >= 0.3 is 11.7 Å². The molecule has 8 nitrogen and oxygen atoms in total. The lowest BCUT2D eigenvalue weighted by molar-refractivity contribution is -0.386. The predicted octanol–water partition coefficient (Wildman–Crippen LogP) is 2.41. The first-order chi connectivity index (χ1) is 10.0. The molecule has 0 saturated carbocycles. The summed E-state index contributed by atoms with van der Waals surface area (Å²) in [6.07, 6.45) is 0. The first kappa shape index (κ1) is 17.4. The van der Waals surface area contributed by atoms with E-state index in [-0.39, 0.29) is 6.61 Å². The number of nitro groups is 1. The van der Waals surface area contributed by atoms with Crippen LogP contribution >= 0.6 is 0 Å². The van der Waals surface area contributed by atoms with E-state index in [1.807, 2.05) is 0 Å². The zero-order valence-electron chi connectivity index (χ0n) is 12.7. The fourth-order valence-electron chi connectivity index (χ4n) is 1.80. The average Bonchev–Trinajstić information content (AvgIpc) is 2.38. The molecule has 0 heterocycles. The van der Waals surface area contributed by atoms with Gasteiger partial charge in [0.05, 0.1) is 17.1 Å². The van der Waals surface area contributed by atoms with Gasteiger partial charge in [-0.1, -0.05) is 20.8 Å². The number of phenolic OH excluding ortho intramolecular Hbond substituents is 2. The highest BCUT2D eigenvalue weighted by Gasteiger charge is 2.38. The zero-order chi connectivity index (χ0) is 17.2. The summed E-state index contributed by atoms with van der Waals surface area (Å²) in [4.78, 5) is 34.6. The number of hydrogen-bond donors (Lipinski definition) is 2. The molecule has 0 aliphatic carbocycles. The number of ketones is 1. The quantitative estimate of drug-likeness (QED) is 0.287. The smallest absolute Gasteiger partial charge is 0.339 e. The Morgan fingerprint density at radius 2 is 1.86 bits per heavy atom. The maximum atomic E-state index is 12.5. The molecule has 0 fully saturated rings. The van der Waals surface area contributed by atoms with E-state index in [0.717, 1.165) is 6.07 Å². The molecule has 1 aromatic rings. The van der Waals surface area contributed by atoms with Crippen LogP contribution in [0.5, 0.6) is 11.5 Å². The Morgan fingerprint density at radius 3 is 2.27 bits per heavy atom. The van der Waals surface area contributed by atoms with Gasteiger partial charge in [-0.25, -0.2) is 4.79 Å². The van der Waals surface area contributed by atoms with Crippen LogP contribution < -0.4 is 0 Å². The first-order valence-corrected chi connectivity index (χ1v) is 6.47. The molecule has 0 unspecified atom stereocenters. The second kappa shape index (κ2) is 6.00. The van der Waals surface area contributed by atoms with Gasteiger partial charge in [0.25, 0.3) is 0 Å². The highest BCUT2D eigenvalue weighted by atomic mass is 16.6. The topological polar surface area (TPSA) is 127 Å². The molecule has 120 valence electrons. The molecule has 0 atom stereocenters. The number of Topliss-reactive ketones (excluding diaryl/α,β-unsaturated/α-hetero) is 1. The number of rotatable bonds is 4. The fraction of sp³-hybridized carbons (Fsp3) is 0.429. The van der Waals surface area contributed by atoms with Crippen molar-refractivity contribution < 1.29 is 29.5 Å². The molecule has 0 aliphatic heterocycles. The number of nitrogens with zero attached hydrogens (tertiary/aromatic N) is 1. The Kier molecular flexibility index (Phi) is 4.75. The molecule has 22 heavy (non-hydrogen) atoms. The van der Waals surface area contributed by atoms with Gasteiger partial charge in [0, 0.05) is 5.41 Å². The summed E-state index contributed by atoms with van der Waals surface area (Å²) in [5.41, 5.74) is -3.09. The normalized spacial score (nSPS) is 11.1. The minimum absolute atomic E-state index is 0.0165. The van der Waals surface area contributed by atoms with Gasteiger partial charge in [0.15, 0.2) is 11.5 Å². The number of ether oxygens (including phenoxy) is 1. The van der Waals surface area contributed by atoms with E-state index in [1.165, 1.54) is 27.7 Å². The Morgan fingerprint density at radius 1 is 1.32 bits per heavy atom. The molecule has 8 heteroatoms. The van der Waals surface area contributed by atoms with E-state index >= 15 is 0 Å². The molecule has 0 spiro atoms. The van der Waals surface area contributed by atoms with Gasteiger partial charge in [-0.05, 0) is 13.0 Å². The van der Waals surface area contributed by atoms with Gasteiger partial charge in [-0.2, -0.15) is 0 Å². The molecule has 2 N–H and O–H groups in total. The lowest BCUT2D eigenvalue weighted by Gasteiger charge is -2.19. The second-order valence-electron chi connectivity index (χ2n) is 5.57. The number of aromatic hydroxyl groups is 2. The number of carbonyl (C=O) groups is 2. The van der Waals surface area contributed by atoms with Crippen LogP contribution in [0.4, 0.5) is 5.69 Å². The monoisotopic (exact) mass is 311 g/mol. The van der Waals surface area contributed by atoms with Gasteiger partial charge in [0.1, 0.15) is 5.56 Å². The number of phenols is 2. The van der Waals surface area contributed by atoms with Gasteiger partial charge in [0.2, 0.25) is 5.75 Å². The van der Waals surface area contributed by atoms with Crippen molar-refractivity contribution in [3.05, 3.63) is 27.3 Å². The Labute approximate surface area is 126 Å². The maximum absolute atomic E-state index is 12.5. The molecular formula is C14H17NO7. The molecule has 0 bridgehead atoms. The van der Waals surface area contributed by atoms with E-state index in [1.54, 1.807) is 0 Å². The number of hydrogen-bond acceptors (Lipinski definition) is 7. The van der Waals surface area contributed by atoms with Gasteiger partial charge in [-0.3, -0.25) is 14.9 Å². The van der Waals surface area contributed by atoms with Crippen molar-refractivity contribution in [2.45, 2.75) is 27.7 Å².